The monoisotopic (exact) mass is 599 g/mol. The molecule has 0 unspecified atom stereocenters. The van der Waals surface area contributed by atoms with Crippen LogP contribution in [0.1, 0.15) is 42.6 Å². The predicted octanol–water partition coefficient (Wildman–Crippen LogP) is 5.66. The van der Waals surface area contributed by atoms with E-state index in [1.807, 2.05) is 49.4 Å². The van der Waals surface area contributed by atoms with Gasteiger partial charge >= 0.3 is 12.2 Å². The number of hydrazine groups is 1. The second kappa shape index (κ2) is 16.0. The summed E-state index contributed by atoms with van der Waals surface area (Å²) in [4.78, 5) is 55.7. The summed E-state index contributed by atoms with van der Waals surface area (Å²) in [5.74, 6) is -1.27. The molecule has 1 heterocycles. The number of imide groups is 1. The Bertz CT molecular complexity index is 1420. The molecule has 1 aliphatic heterocycles. The van der Waals surface area contributed by atoms with Gasteiger partial charge in [-0.25, -0.2) is 9.59 Å². The number of carbonyl (C=O) groups excluding carboxylic acids is 4. The Balaban J connectivity index is 1.64. The van der Waals surface area contributed by atoms with Crippen molar-refractivity contribution in [2.75, 3.05) is 20.2 Å². The Morgan fingerprint density at radius 2 is 1.32 bits per heavy atom. The maximum atomic E-state index is 13.7. The fourth-order valence-corrected chi connectivity index (χ4v) is 4.61. The molecule has 4 amide bonds. The number of likely N-dealkylation sites (N-methyl/N-ethyl adjacent to an activating group) is 1. The molecule has 0 radical (unpaired) electrons. The number of ether oxygens (including phenoxy) is 3. The Labute approximate surface area is 257 Å². The smallest absolute Gasteiger partial charge is 0.436 e. The first-order valence-electron chi connectivity index (χ1n) is 14.4. The van der Waals surface area contributed by atoms with Crippen molar-refractivity contribution in [3.8, 4) is 0 Å². The van der Waals surface area contributed by atoms with E-state index < -0.39 is 42.7 Å². The average molecular weight is 600 g/mol. The lowest BCUT2D eigenvalue weighted by molar-refractivity contribution is -0.149. The predicted molar refractivity (Wildman–Crippen MR) is 163 cm³/mol. The van der Waals surface area contributed by atoms with Crippen LogP contribution in [0.25, 0.3) is 0 Å². The molecule has 0 fully saturated rings. The molecule has 4 rings (SSSR count). The van der Waals surface area contributed by atoms with Crippen molar-refractivity contribution in [1.82, 2.24) is 14.9 Å². The fourth-order valence-electron chi connectivity index (χ4n) is 4.61. The quantitative estimate of drug-likeness (QED) is 0.349. The van der Waals surface area contributed by atoms with E-state index >= 15 is 0 Å². The number of amides is 4. The molecule has 2 atom stereocenters. The average Bonchev–Trinajstić information content (AvgIpc) is 3.05. The SMILES string of the molecule is C[C@@H]1[C@@H](c2ccccc2)OC/C=C\CCC(=O)N(C(=O)OCc2ccccc2)N(C(=O)OCc2ccccc2)CC(=O)N1C. The van der Waals surface area contributed by atoms with E-state index in [2.05, 4.69) is 0 Å². The molecule has 0 aromatic heterocycles. The first-order chi connectivity index (χ1) is 21.3. The minimum atomic E-state index is -1.10. The highest BCUT2D eigenvalue weighted by Gasteiger charge is 2.37. The van der Waals surface area contributed by atoms with Gasteiger partial charge in [-0.3, -0.25) is 9.59 Å². The van der Waals surface area contributed by atoms with Crippen LogP contribution in [0.2, 0.25) is 0 Å². The zero-order valence-electron chi connectivity index (χ0n) is 24.9. The van der Waals surface area contributed by atoms with Crippen LogP contribution in [0, 0.1) is 0 Å². The highest BCUT2D eigenvalue weighted by atomic mass is 16.6. The van der Waals surface area contributed by atoms with Crippen LogP contribution >= 0.6 is 0 Å². The Morgan fingerprint density at radius 1 is 0.773 bits per heavy atom. The molecular formula is C34H37N3O7. The minimum Gasteiger partial charge on any atom is -0.443 e. The van der Waals surface area contributed by atoms with E-state index in [-0.39, 0.29) is 32.7 Å². The Kier molecular flexibility index (Phi) is 11.7. The molecule has 0 bridgehead atoms. The number of nitrogens with zero attached hydrogens (tertiary/aromatic N) is 3. The third-order valence-corrected chi connectivity index (χ3v) is 7.19. The van der Waals surface area contributed by atoms with Crippen molar-refractivity contribution in [3.63, 3.8) is 0 Å². The van der Waals surface area contributed by atoms with Gasteiger partial charge < -0.3 is 19.1 Å². The lowest BCUT2D eigenvalue weighted by Crippen LogP contribution is -2.57. The molecule has 10 heteroatoms. The van der Waals surface area contributed by atoms with E-state index in [4.69, 9.17) is 14.2 Å². The van der Waals surface area contributed by atoms with Gasteiger partial charge in [0.05, 0.1) is 12.6 Å². The normalized spacial score (nSPS) is 19.2. The summed E-state index contributed by atoms with van der Waals surface area (Å²) in [5.41, 5.74) is 2.26. The molecular weight excluding hydrogens is 562 g/mol. The van der Waals surface area contributed by atoms with Gasteiger partial charge in [0.2, 0.25) is 5.91 Å². The van der Waals surface area contributed by atoms with Gasteiger partial charge in [0.1, 0.15) is 25.9 Å². The summed E-state index contributed by atoms with van der Waals surface area (Å²) < 4.78 is 17.1. The molecule has 0 N–H and O–H groups in total. The summed E-state index contributed by atoms with van der Waals surface area (Å²) in [6.07, 6.45) is 1.06. The van der Waals surface area contributed by atoms with Crippen molar-refractivity contribution in [2.45, 2.75) is 45.1 Å². The van der Waals surface area contributed by atoms with Gasteiger partial charge in [-0.15, -0.1) is 5.01 Å². The molecule has 230 valence electrons. The van der Waals surface area contributed by atoms with Gasteiger partial charge in [0, 0.05) is 13.5 Å². The Hall–Kier alpha value is -4.96. The van der Waals surface area contributed by atoms with Crippen molar-refractivity contribution in [2.24, 2.45) is 0 Å². The first kappa shape index (κ1) is 32.0. The second-order valence-electron chi connectivity index (χ2n) is 10.3. The third kappa shape index (κ3) is 8.78. The van der Waals surface area contributed by atoms with E-state index in [0.717, 1.165) is 10.6 Å². The summed E-state index contributed by atoms with van der Waals surface area (Å²) in [6.45, 7) is 1.15. The highest BCUT2D eigenvalue weighted by Crippen LogP contribution is 2.25. The van der Waals surface area contributed by atoms with Gasteiger partial charge in [0.25, 0.3) is 5.91 Å². The lowest BCUT2D eigenvalue weighted by atomic mass is 10.0. The zero-order valence-corrected chi connectivity index (χ0v) is 24.9. The van der Waals surface area contributed by atoms with Crippen LogP contribution in [0.4, 0.5) is 9.59 Å². The standard InChI is InChI=1S/C34H37N3O7/c1-26-32(29-19-11-5-12-20-29)42-22-14-6-13-21-30(38)37(34(41)44-25-28-17-9-4-10-18-28)36(23-31(39)35(26)2)33(40)43-24-27-15-7-3-8-16-27/h3-12,14-20,26,32H,13,21-25H2,1-2H3/b14-6-/t26-,32+/m1/s1. The lowest BCUT2D eigenvalue weighted by Gasteiger charge is -2.35. The highest BCUT2D eigenvalue weighted by molar-refractivity contribution is 5.95. The molecule has 10 nitrogen and oxygen atoms in total. The van der Waals surface area contributed by atoms with Gasteiger partial charge in [-0.05, 0) is 30.0 Å². The Morgan fingerprint density at radius 3 is 1.91 bits per heavy atom. The van der Waals surface area contributed by atoms with Crippen molar-refractivity contribution in [1.29, 1.82) is 0 Å². The van der Waals surface area contributed by atoms with Gasteiger partial charge in [-0.1, -0.05) is 103 Å². The topological polar surface area (TPSA) is 106 Å². The third-order valence-electron chi connectivity index (χ3n) is 7.19. The van der Waals surface area contributed by atoms with Crippen LogP contribution < -0.4 is 0 Å². The van der Waals surface area contributed by atoms with Crippen molar-refractivity contribution < 1.29 is 33.4 Å². The number of rotatable bonds is 5. The van der Waals surface area contributed by atoms with E-state index in [1.54, 1.807) is 67.7 Å². The van der Waals surface area contributed by atoms with Crippen LogP contribution in [-0.4, -0.2) is 65.2 Å². The van der Waals surface area contributed by atoms with Crippen LogP contribution in [0.5, 0.6) is 0 Å². The van der Waals surface area contributed by atoms with E-state index in [1.165, 1.54) is 4.90 Å². The van der Waals surface area contributed by atoms with Crippen LogP contribution in [-0.2, 0) is 37.0 Å². The molecule has 0 saturated carbocycles. The number of hydrogen-bond donors (Lipinski definition) is 0. The van der Waals surface area contributed by atoms with Crippen LogP contribution in [0.3, 0.4) is 0 Å². The molecule has 0 aliphatic carbocycles. The van der Waals surface area contributed by atoms with E-state index in [9.17, 15) is 19.2 Å². The summed E-state index contributed by atoms with van der Waals surface area (Å²) >= 11 is 0. The molecule has 0 spiro atoms. The maximum Gasteiger partial charge on any atom is 0.436 e. The largest absolute Gasteiger partial charge is 0.443 e. The number of allylic oxidation sites excluding steroid dienone is 1. The summed E-state index contributed by atoms with van der Waals surface area (Å²) in [6, 6.07) is 26.9. The zero-order chi connectivity index (χ0) is 31.3. The van der Waals surface area contributed by atoms with Gasteiger partial charge in [0.15, 0.2) is 0 Å². The summed E-state index contributed by atoms with van der Waals surface area (Å²) in [5, 5.41) is 1.30. The fraction of sp³-hybridized carbons (Fsp3) is 0.294. The molecule has 44 heavy (non-hydrogen) atoms. The number of hydrogen-bond acceptors (Lipinski definition) is 7. The number of benzene rings is 3. The van der Waals surface area contributed by atoms with Crippen molar-refractivity contribution in [3.05, 3.63) is 120 Å². The number of carbonyl (C=O) groups is 4. The van der Waals surface area contributed by atoms with Crippen molar-refractivity contribution >= 4 is 24.0 Å². The molecule has 3 aromatic rings. The van der Waals surface area contributed by atoms with E-state index in [0.29, 0.717) is 16.1 Å². The maximum absolute atomic E-state index is 13.7. The van der Waals surface area contributed by atoms with Gasteiger partial charge in [-0.2, -0.15) is 5.01 Å². The van der Waals surface area contributed by atoms with Crippen LogP contribution in [0.15, 0.2) is 103 Å². The second-order valence-corrected chi connectivity index (χ2v) is 10.3. The molecule has 1 aliphatic rings. The first-order valence-corrected chi connectivity index (χ1v) is 14.4. The molecule has 3 aromatic carbocycles. The minimum absolute atomic E-state index is 0.135. The molecule has 0 saturated heterocycles. The summed E-state index contributed by atoms with van der Waals surface area (Å²) in [7, 11) is 1.58.